The summed E-state index contributed by atoms with van der Waals surface area (Å²) in [7, 11) is 0. The third-order valence-electron chi connectivity index (χ3n) is 7.31. The third-order valence-corrected chi connectivity index (χ3v) is 15.4. The van der Waals surface area contributed by atoms with E-state index in [9.17, 15) is 0 Å². The number of para-hydroxylation sites is 4. The number of anilines is 4. The molecule has 36 heavy (non-hydrogen) atoms. The summed E-state index contributed by atoms with van der Waals surface area (Å²) in [5, 5.41) is 1.11. The Morgan fingerprint density at radius 2 is 0.722 bits per heavy atom. The fourth-order valence-electron chi connectivity index (χ4n) is 5.26. The van der Waals surface area contributed by atoms with Gasteiger partial charge in [-0.05, 0) is 0 Å². The molecule has 2 heterocycles. The van der Waals surface area contributed by atoms with E-state index in [1.807, 2.05) is 0 Å². The summed E-state index contributed by atoms with van der Waals surface area (Å²) in [4.78, 5) is 11.1. The number of unbranched alkanes of at least 4 members (excludes halogenated alkanes) is 4. The quantitative estimate of drug-likeness (QED) is 0.205. The van der Waals surface area contributed by atoms with E-state index in [0.29, 0.717) is 36.4 Å². The number of nitrogens with zero attached hydrogens (tertiary/aromatic N) is 4. The van der Waals surface area contributed by atoms with Crippen molar-refractivity contribution in [2.24, 2.45) is 0 Å². The average molecular weight is 621 g/mol. The van der Waals surface area contributed by atoms with Crippen LogP contribution in [0.25, 0.3) is 0 Å². The molecule has 198 valence electrons. The van der Waals surface area contributed by atoms with Crippen LogP contribution in [0.1, 0.15) is 79.1 Å². The van der Waals surface area contributed by atoms with E-state index >= 15 is 0 Å². The summed E-state index contributed by atoms with van der Waals surface area (Å²) in [6, 6.07) is 18.5. The standard InChI is InChI=1S/C30H46N4Se2/c1-5-9-21-31-25-17-13-14-18-26(25)32(22-10-6-2)29(31)35-36-30-33(23-11-7-3)27-19-15-16-20-28(27)34(30)24-12-8-4/h13-20,29-30H,5-12,21-24H2,1-4H3. The zero-order valence-electron chi connectivity index (χ0n) is 22.9. The second-order valence-electron chi connectivity index (χ2n) is 10.0. The van der Waals surface area contributed by atoms with Gasteiger partial charge in [0.1, 0.15) is 0 Å². The first-order valence-electron chi connectivity index (χ1n) is 14.3. The van der Waals surface area contributed by atoms with Crippen LogP contribution in [0.2, 0.25) is 0 Å². The Labute approximate surface area is 231 Å². The van der Waals surface area contributed by atoms with Gasteiger partial charge in [0.15, 0.2) is 0 Å². The van der Waals surface area contributed by atoms with E-state index in [1.165, 1.54) is 100 Å². The van der Waals surface area contributed by atoms with Crippen molar-refractivity contribution < 1.29 is 0 Å². The second kappa shape index (κ2) is 14.0. The summed E-state index contributed by atoms with van der Waals surface area (Å²) >= 11 is 1.07. The van der Waals surface area contributed by atoms with Crippen LogP contribution in [0.3, 0.4) is 0 Å². The minimum atomic E-state index is 0.537. The molecule has 4 rings (SSSR count). The topological polar surface area (TPSA) is 13.0 Å². The van der Waals surface area contributed by atoms with Gasteiger partial charge in [-0.1, -0.05) is 0 Å². The van der Waals surface area contributed by atoms with Gasteiger partial charge in [-0.3, -0.25) is 0 Å². The van der Waals surface area contributed by atoms with Crippen LogP contribution in [0, 0.1) is 0 Å². The zero-order chi connectivity index (χ0) is 25.3. The molecule has 2 aromatic rings. The van der Waals surface area contributed by atoms with E-state index in [4.69, 9.17) is 0 Å². The van der Waals surface area contributed by atoms with Crippen molar-refractivity contribution in [1.82, 2.24) is 0 Å². The monoisotopic (exact) mass is 622 g/mol. The van der Waals surface area contributed by atoms with Crippen molar-refractivity contribution in [2.75, 3.05) is 45.8 Å². The first-order valence-corrected chi connectivity index (χ1v) is 20.6. The van der Waals surface area contributed by atoms with Crippen molar-refractivity contribution >= 4 is 49.0 Å². The Bertz CT molecular complexity index is 793. The number of benzene rings is 2. The molecule has 0 radical (unpaired) electrons. The molecule has 0 aromatic heterocycles. The van der Waals surface area contributed by atoms with Crippen LogP contribution >= 0.6 is 0 Å². The third kappa shape index (κ3) is 6.04. The molecule has 0 amide bonds. The van der Waals surface area contributed by atoms with Crippen LogP contribution in [0.15, 0.2) is 48.5 Å². The Morgan fingerprint density at radius 1 is 0.472 bits per heavy atom. The maximum absolute atomic E-state index is 2.78. The van der Waals surface area contributed by atoms with Gasteiger partial charge in [0.25, 0.3) is 0 Å². The van der Waals surface area contributed by atoms with E-state index in [2.05, 4.69) is 95.8 Å². The van der Waals surface area contributed by atoms with E-state index < -0.39 is 0 Å². The Hall–Kier alpha value is -1.32. The summed E-state index contributed by atoms with van der Waals surface area (Å²) < 4.78 is 0. The summed E-state index contributed by atoms with van der Waals surface area (Å²) in [5.41, 5.74) is 5.91. The minimum absolute atomic E-state index is 0.537. The maximum atomic E-state index is 2.78. The zero-order valence-corrected chi connectivity index (χ0v) is 26.3. The molecule has 0 N–H and O–H groups in total. The Balaban J connectivity index is 1.60. The summed E-state index contributed by atoms with van der Waals surface area (Å²) in [6.07, 6.45) is 10.1. The molecule has 4 nitrogen and oxygen atoms in total. The van der Waals surface area contributed by atoms with Crippen LogP contribution in [-0.2, 0) is 0 Å². The molecule has 0 saturated carbocycles. The van der Waals surface area contributed by atoms with Crippen LogP contribution in [-0.4, -0.2) is 62.6 Å². The van der Waals surface area contributed by atoms with Crippen molar-refractivity contribution in [3.8, 4) is 0 Å². The van der Waals surface area contributed by atoms with Crippen LogP contribution in [0.4, 0.5) is 22.7 Å². The van der Waals surface area contributed by atoms with E-state index in [1.54, 1.807) is 0 Å². The summed E-state index contributed by atoms with van der Waals surface area (Å²) in [6.45, 7) is 14.0. The normalized spacial score (nSPS) is 15.8. The second-order valence-corrected chi connectivity index (χ2v) is 16.8. The first kappa shape index (κ1) is 27.7. The van der Waals surface area contributed by atoms with Crippen LogP contribution in [0.5, 0.6) is 0 Å². The average Bonchev–Trinajstić information content (AvgIpc) is 3.38. The molecule has 2 aliphatic heterocycles. The molecule has 0 saturated heterocycles. The van der Waals surface area contributed by atoms with E-state index in [0.717, 1.165) is 0 Å². The van der Waals surface area contributed by atoms with Crippen LogP contribution < -0.4 is 19.6 Å². The van der Waals surface area contributed by atoms with Gasteiger partial charge in [0.05, 0.1) is 0 Å². The molecule has 0 bridgehead atoms. The molecule has 2 aromatic carbocycles. The predicted molar refractivity (Wildman–Crippen MR) is 161 cm³/mol. The Kier molecular flexibility index (Phi) is 10.8. The SMILES string of the molecule is CCCCN1c2ccccc2N(CCCC)C1[Se][Se]C1N(CCCC)c2ccccc2N1CCCC. The fraction of sp³-hybridized carbons (Fsp3) is 0.600. The van der Waals surface area contributed by atoms with Gasteiger partial charge < -0.3 is 0 Å². The summed E-state index contributed by atoms with van der Waals surface area (Å²) in [5.74, 6) is 0. The van der Waals surface area contributed by atoms with Gasteiger partial charge >= 0.3 is 233 Å². The molecule has 0 atom stereocenters. The molecule has 6 heteroatoms. The number of hydrogen-bond acceptors (Lipinski definition) is 4. The van der Waals surface area contributed by atoms with Gasteiger partial charge in [-0.2, -0.15) is 0 Å². The number of fused-ring (bicyclic) bond motifs is 2. The molecule has 0 aliphatic carbocycles. The van der Waals surface area contributed by atoms with E-state index in [-0.39, 0.29) is 0 Å². The number of hydrogen-bond donors (Lipinski definition) is 0. The predicted octanol–water partition coefficient (Wildman–Crippen LogP) is 6.73. The molecule has 0 unspecified atom stereocenters. The van der Waals surface area contributed by atoms with Gasteiger partial charge in [0, 0.05) is 0 Å². The van der Waals surface area contributed by atoms with Crippen molar-refractivity contribution in [3.63, 3.8) is 0 Å². The molecule has 0 spiro atoms. The van der Waals surface area contributed by atoms with Crippen molar-refractivity contribution in [1.29, 1.82) is 0 Å². The van der Waals surface area contributed by atoms with Crippen molar-refractivity contribution in [3.05, 3.63) is 48.5 Å². The first-order chi connectivity index (χ1) is 17.7. The molecule has 0 fully saturated rings. The number of rotatable bonds is 15. The van der Waals surface area contributed by atoms with Gasteiger partial charge in [-0.25, -0.2) is 0 Å². The molecular weight excluding hydrogens is 574 g/mol. The van der Waals surface area contributed by atoms with Crippen molar-refractivity contribution in [2.45, 2.75) is 89.2 Å². The van der Waals surface area contributed by atoms with Gasteiger partial charge in [-0.15, -0.1) is 0 Å². The fourth-order valence-corrected chi connectivity index (χ4v) is 15.1. The molecular formula is C30H46N4Se2. The Morgan fingerprint density at radius 3 is 0.944 bits per heavy atom. The van der Waals surface area contributed by atoms with Gasteiger partial charge in [0.2, 0.25) is 0 Å². The molecule has 2 aliphatic rings.